The molecule has 1 fully saturated rings. The first kappa shape index (κ1) is 15.2. The highest BCUT2D eigenvalue weighted by atomic mass is 32.2. The lowest BCUT2D eigenvalue weighted by Gasteiger charge is -2.47. The topological polar surface area (TPSA) is 27.6 Å². The fourth-order valence-electron chi connectivity index (χ4n) is 3.16. The molecule has 4 heteroatoms. The van der Waals surface area contributed by atoms with E-state index < -0.39 is 0 Å². The fourth-order valence-corrected chi connectivity index (χ4v) is 4.47. The Balaban J connectivity index is 1.79. The Kier molecular flexibility index (Phi) is 5.18. The van der Waals surface area contributed by atoms with Crippen LogP contribution in [0.1, 0.15) is 46.0 Å². The van der Waals surface area contributed by atoms with Crippen LogP contribution in [0.4, 0.5) is 0 Å². The summed E-state index contributed by atoms with van der Waals surface area (Å²) in [4.78, 5) is 7.10. The number of thioether (sulfide) groups is 1. The van der Waals surface area contributed by atoms with E-state index in [4.69, 9.17) is 4.99 Å². The van der Waals surface area contributed by atoms with Crippen LogP contribution in [0.25, 0.3) is 0 Å². The Labute approximate surface area is 122 Å². The van der Waals surface area contributed by atoms with Crippen LogP contribution < -0.4 is 5.32 Å². The van der Waals surface area contributed by atoms with E-state index in [0.717, 1.165) is 19.0 Å². The van der Waals surface area contributed by atoms with E-state index >= 15 is 0 Å². The number of hydrogen-bond acceptors (Lipinski definition) is 4. The number of aliphatic imine (C=N–C) groups is 1. The third-order valence-corrected chi connectivity index (χ3v) is 6.39. The second-order valence-electron chi connectivity index (χ2n) is 6.20. The molecule has 0 bridgehead atoms. The van der Waals surface area contributed by atoms with Gasteiger partial charge in [0.25, 0.3) is 0 Å². The van der Waals surface area contributed by atoms with Gasteiger partial charge in [-0.15, -0.1) is 0 Å². The summed E-state index contributed by atoms with van der Waals surface area (Å²) in [5.41, 5.74) is 0.385. The molecule has 1 unspecified atom stereocenters. The highest BCUT2D eigenvalue weighted by molar-refractivity contribution is 8.14. The van der Waals surface area contributed by atoms with E-state index in [1.54, 1.807) is 0 Å². The minimum atomic E-state index is 0.385. The molecule has 1 N–H and O–H groups in total. The largest absolute Gasteiger partial charge is 0.363 e. The third-order valence-electron chi connectivity index (χ3n) is 5.05. The molecule has 0 radical (unpaired) electrons. The monoisotopic (exact) mass is 283 g/mol. The van der Waals surface area contributed by atoms with E-state index in [0.29, 0.717) is 10.8 Å². The summed E-state index contributed by atoms with van der Waals surface area (Å²) in [6, 6.07) is 0. The average molecular weight is 283 g/mol. The zero-order valence-corrected chi connectivity index (χ0v) is 13.7. The molecule has 1 aliphatic heterocycles. The molecule has 1 atom stereocenters. The highest BCUT2D eigenvalue weighted by Gasteiger charge is 2.39. The van der Waals surface area contributed by atoms with E-state index in [9.17, 15) is 0 Å². The molecule has 1 heterocycles. The standard InChI is InChI=1S/C15H29N3S/c1-5-12(6-2)13-10-16-14(19-13)17-11-15(18(3)4)8-7-9-15/h12-13H,5-11H2,1-4H3,(H,16,17). The van der Waals surface area contributed by atoms with Crippen LogP contribution in [0.5, 0.6) is 0 Å². The Morgan fingerprint density at radius 3 is 2.53 bits per heavy atom. The molecule has 0 aromatic carbocycles. The van der Waals surface area contributed by atoms with E-state index in [1.165, 1.54) is 37.3 Å². The molecule has 0 aromatic rings. The Hall–Kier alpha value is -0.220. The molecule has 2 rings (SSSR count). The van der Waals surface area contributed by atoms with Gasteiger partial charge in [-0.05, 0) is 39.3 Å². The average Bonchev–Trinajstić information content (AvgIpc) is 2.78. The van der Waals surface area contributed by atoms with E-state index in [-0.39, 0.29) is 0 Å². The molecule has 0 amide bonds. The Bertz CT molecular complexity index is 319. The van der Waals surface area contributed by atoms with Gasteiger partial charge in [-0.1, -0.05) is 38.5 Å². The van der Waals surface area contributed by atoms with Crippen molar-refractivity contribution < 1.29 is 0 Å². The van der Waals surface area contributed by atoms with Crippen molar-refractivity contribution in [3.05, 3.63) is 0 Å². The van der Waals surface area contributed by atoms with Gasteiger partial charge >= 0.3 is 0 Å². The first-order valence-corrected chi connectivity index (χ1v) is 8.61. The molecule has 19 heavy (non-hydrogen) atoms. The fraction of sp³-hybridized carbons (Fsp3) is 0.933. The maximum absolute atomic E-state index is 4.70. The maximum Gasteiger partial charge on any atom is 0.156 e. The van der Waals surface area contributed by atoms with Crippen molar-refractivity contribution in [2.45, 2.75) is 56.7 Å². The lowest BCUT2D eigenvalue weighted by atomic mass is 9.76. The van der Waals surface area contributed by atoms with Crippen LogP contribution in [-0.2, 0) is 0 Å². The number of amidine groups is 1. The number of nitrogens with one attached hydrogen (secondary N) is 1. The summed E-state index contributed by atoms with van der Waals surface area (Å²) in [6.07, 6.45) is 6.56. The first-order valence-electron chi connectivity index (χ1n) is 7.73. The Morgan fingerprint density at radius 1 is 1.37 bits per heavy atom. The van der Waals surface area contributed by atoms with Crippen LogP contribution >= 0.6 is 11.8 Å². The van der Waals surface area contributed by atoms with Crippen LogP contribution in [0, 0.1) is 5.92 Å². The van der Waals surface area contributed by atoms with Crippen molar-refractivity contribution in [3.63, 3.8) is 0 Å². The lowest BCUT2D eigenvalue weighted by Crippen LogP contribution is -2.56. The van der Waals surface area contributed by atoms with Gasteiger partial charge < -0.3 is 10.2 Å². The Morgan fingerprint density at radius 2 is 2.05 bits per heavy atom. The van der Waals surface area contributed by atoms with E-state index in [2.05, 4.69) is 38.2 Å². The van der Waals surface area contributed by atoms with Gasteiger partial charge in [0, 0.05) is 17.3 Å². The molecule has 3 nitrogen and oxygen atoms in total. The summed E-state index contributed by atoms with van der Waals surface area (Å²) < 4.78 is 0. The van der Waals surface area contributed by atoms with Gasteiger partial charge in [-0.2, -0.15) is 0 Å². The molecular formula is C15H29N3S. The van der Waals surface area contributed by atoms with Crippen molar-refractivity contribution in [1.82, 2.24) is 10.2 Å². The van der Waals surface area contributed by atoms with Crippen molar-refractivity contribution in [3.8, 4) is 0 Å². The summed E-state index contributed by atoms with van der Waals surface area (Å²) in [5.74, 6) is 0.819. The van der Waals surface area contributed by atoms with Crippen LogP contribution in [0.3, 0.4) is 0 Å². The molecule has 1 saturated carbocycles. The minimum absolute atomic E-state index is 0.385. The molecule has 1 aliphatic carbocycles. The second kappa shape index (κ2) is 6.49. The van der Waals surface area contributed by atoms with Crippen LogP contribution in [-0.4, -0.2) is 48.0 Å². The van der Waals surface area contributed by atoms with E-state index in [1.807, 2.05) is 11.8 Å². The van der Waals surface area contributed by atoms with Gasteiger partial charge in [0.05, 0.1) is 6.54 Å². The van der Waals surface area contributed by atoms with Gasteiger partial charge in [0.15, 0.2) is 5.17 Å². The minimum Gasteiger partial charge on any atom is -0.363 e. The number of likely N-dealkylation sites (N-methyl/N-ethyl adjacent to an activating group) is 1. The predicted octanol–water partition coefficient (Wildman–Crippen LogP) is 2.97. The van der Waals surface area contributed by atoms with Gasteiger partial charge in [-0.3, -0.25) is 4.99 Å². The summed E-state index contributed by atoms with van der Waals surface area (Å²) in [5, 5.41) is 5.50. The van der Waals surface area contributed by atoms with Crippen molar-refractivity contribution >= 4 is 16.9 Å². The first-order chi connectivity index (χ1) is 9.11. The number of hydrogen-bond donors (Lipinski definition) is 1. The molecule has 0 spiro atoms. The predicted molar refractivity (Wildman–Crippen MR) is 86.0 cm³/mol. The lowest BCUT2D eigenvalue weighted by molar-refractivity contribution is 0.0651. The molecule has 2 aliphatic rings. The second-order valence-corrected chi connectivity index (χ2v) is 7.43. The quantitative estimate of drug-likeness (QED) is 0.812. The van der Waals surface area contributed by atoms with Gasteiger partial charge in [-0.25, -0.2) is 0 Å². The van der Waals surface area contributed by atoms with Gasteiger partial charge in [0.1, 0.15) is 0 Å². The summed E-state index contributed by atoms with van der Waals surface area (Å²) in [6.45, 7) is 6.67. The zero-order valence-electron chi connectivity index (χ0n) is 12.9. The van der Waals surface area contributed by atoms with Crippen molar-refractivity contribution in [1.29, 1.82) is 0 Å². The normalized spacial score (nSPS) is 25.6. The summed E-state index contributed by atoms with van der Waals surface area (Å²) in [7, 11) is 4.41. The SMILES string of the molecule is CCC(CC)C1CN=C(NCC2(N(C)C)CCC2)S1. The van der Waals surface area contributed by atoms with Crippen molar-refractivity contribution in [2.75, 3.05) is 27.2 Å². The molecular weight excluding hydrogens is 254 g/mol. The van der Waals surface area contributed by atoms with Crippen molar-refractivity contribution in [2.24, 2.45) is 10.9 Å². The third kappa shape index (κ3) is 3.27. The molecule has 0 saturated heterocycles. The molecule has 0 aromatic heterocycles. The van der Waals surface area contributed by atoms with Gasteiger partial charge in [0.2, 0.25) is 0 Å². The zero-order chi connectivity index (χ0) is 13.9. The highest BCUT2D eigenvalue weighted by Crippen LogP contribution is 2.36. The van der Waals surface area contributed by atoms with Crippen LogP contribution in [0.2, 0.25) is 0 Å². The number of nitrogens with zero attached hydrogens (tertiary/aromatic N) is 2. The number of rotatable bonds is 6. The van der Waals surface area contributed by atoms with Crippen LogP contribution in [0.15, 0.2) is 4.99 Å². The smallest absolute Gasteiger partial charge is 0.156 e. The summed E-state index contributed by atoms with van der Waals surface area (Å²) >= 11 is 1.98. The molecule has 110 valence electrons. The maximum atomic E-state index is 4.70.